The van der Waals surface area contributed by atoms with E-state index in [2.05, 4.69) is 19.2 Å². The average Bonchev–Trinajstić information content (AvgIpc) is 2.24. The zero-order valence-electron chi connectivity index (χ0n) is 10.3. The zero-order valence-corrected chi connectivity index (χ0v) is 10.3. The second-order valence-corrected chi connectivity index (χ2v) is 3.49. The van der Waals surface area contributed by atoms with Gasteiger partial charge < -0.3 is 10.4 Å². The summed E-state index contributed by atoms with van der Waals surface area (Å²) in [6.45, 7) is 8.99. The fraction of sp³-hybridized carbons (Fsp3) is 1.00. The Morgan fingerprint density at radius 3 is 1.86 bits per heavy atom. The van der Waals surface area contributed by atoms with Crippen molar-refractivity contribution in [1.29, 1.82) is 0 Å². The van der Waals surface area contributed by atoms with Crippen molar-refractivity contribution >= 4 is 0 Å². The van der Waals surface area contributed by atoms with Crippen LogP contribution in [0.1, 0.15) is 59.3 Å². The molecule has 88 valence electrons. The summed E-state index contributed by atoms with van der Waals surface area (Å²) in [5, 5.41) is 11.2. The Morgan fingerprint density at radius 1 is 0.857 bits per heavy atom. The third kappa shape index (κ3) is 22.7. The summed E-state index contributed by atoms with van der Waals surface area (Å²) in [5.74, 6) is 0. The van der Waals surface area contributed by atoms with Gasteiger partial charge in [-0.05, 0) is 25.9 Å². The van der Waals surface area contributed by atoms with E-state index < -0.39 is 0 Å². The number of aliphatic hydroxyl groups is 1. The Hall–Kier alpha value is -0.0800. The van der Waals surface area contributed by atoms with E-state index in [0.29, 0.717) is 6.61 Å². The molecule has 0 aliphatic carbocycles. The van der Waals surface area contributed by atoms with Gasteiger partial charge in [0.15, 0.2) is 0 Å². The van der Waals surface area contributed by atoms with Crippen molar-refractivity contribution in [3.05, 3.63) is 0 Å². The molecule has 14 heavy (non-hydrogen) atoms. The minimum absolute atomic E-state index is 0.319. The van der Waals surface area contributed by atoms with Gasteiger partial charge in [0.1, 0.15) is 0 Å². The second kappa shape index (κ2) is 18.7. The molecule has 0 rings (SSSR count). The molecular weight excluding hydrogens is 174 g/mol. The van der Waals surface area contributed by atoms with Crippen LogP contribution < -0.4 is 5.32 Å². The van der Waals surface area contributed by atoms with Gasteiger partial charge >= 0.3 is 0 Å². The van der Waals surface area contributed by atoms with Crippen molar-refractivity contribution in [3.63, 3.8) is 0 Å². The quantitative estimate of drug-likeness (QED) is 0.594. The fourth-order valence-corrected chi connectivity index (χ4v) is 1.03. The second-order valence-electron chi connectivity index (χ2n) is 3.49. The van der Waals surface area contributed by atoms with Crippen molar-refractivity contribution in [2.75, 3.05) is 19.7 Å². The normalized spacial score (nSPS) is 9.43. The predicted octanol–water partition coefficient (Wildman–Crippen LogP) is 2.96. The molecule has 2 nitrogen and oxygen atoms in total. The number of unbranched alkanes of at least 4 members (excludes halogenated alkanes) is 4. The van der Waals surface area contributed by atoms with Crippen molar-refractivity contribution in [1.82, 2.24) is 5.32 Å². The Kier molecular flexibility index (Phi) is 21.8. The molecule has 0 aliphatic rings. The summed E-state index contributed by atoms with van der Waals surface area (Å²) < 4.78 is 0. The number of nitrogens with one attached hydrogen (secondary N) is 1. The first-order valence-corrected chi connectivity index (χ1v) is 6.14. The topological polar surface area (TPSA) is 32.3 Å². The Labute approximate surface area is 90.1 Å². The summed E-state index contributed by atoms with van der Waals surface area (Å²) in [6, 6.07) is 0. The standard InChI is InChI=1S/C9H21N.C3H8O/c1-3-5-6-7-8-9-10-4-2;1-2-3-4/h10H,3-9H2,1-2H3;4H,2-3H2,1H3. The van der Waals surface area contributed by atoms with E-state index in [4.69, 9.17) is 5.11 Å². The molecule has 0 unspecified atom stereocenters. The van der Waals surface area contributed by atoms with Gasteiger partial charge in [-0.15, -0.1) is 0 Å². The van der Waals surface area contributed by atoms with Gasteiger partial charge in [-0.25, -0.2) is 0 Å². The van der Waals surface area contributed by atoms with Gasteiger partial charge in [-0.3, -0.25) is 0 Å². The average molecular weight is 203 g/mol. The van der Waals surface area contributed by atoms with Crippen LogP contribution in [0.5, 0.6) is 0 Å². The molecule has 2 N–H and O–H groups in total. The SMILES string of the molecule is CCCCCCCNCC.CCCO. The molecule has 0 amide bonds. The molecule has 0 aromatic heterocycles. The number of hydrogen-bond donors (Lipinski definition) is 2. The summed E-state index contributed by atoms with van der Waals surface area (Å²) >= 11 is 0. The summed E-state index contributed by atoms with van der Waals surface area (Å²) in [4.78, 5) is 0. The number of aliphatic hydroxyl groups excluding tert-OH is 1. The lowest BCUT2D eigenvalue weighted by Gasteiger charge is -1.99. The molecule has 0 fully saturated rings. The van der Waals surface area contributed by atoms with Crippen molar-refractivity contribution < 1.29 is 5.11 Å². The van der Waals surface area contributed by atoms with Gasteiger partial charge in [0.25, 0.3) is 0 Å². The Balaban J connectivity index is 0. The molecule has 2 heteroatoms. The highest BCUT2D eigenvalue weighted by molar-refractivity contribution is 4.45. The fourth-order valence-electron chi connectivity index (χ4n) is 1.03. The highest BCUT2D eigenvalue weighted by Gasteiger charge is 1.86. The maximum atomic E-state index is 7.88. The van der Waals surface area contributed by atoms with Crippen LogP contribution >= 0.6 is 0 Å². The highest BCUT2D eigenvalue weighted by Crippen LogP contribution is 2.00. The molecule has 0 radical (unpaired) electrons. The van der Waals surface area contributed by atoms with Crippen molar-refractivity contribution in [2.45, 2.75) is 59.3 Å². The maximum Gasteiger partial charge on any atom is 0.0428 e. The van der Waals surface area contributed by atoms with E-state index in [1.165, 1.54) is 38.6 Å². The van der Waals surface area contributed by atoms with Gasteiger partial charge in [0.2, 0.25) is 0 Å². The third-order valence-electron chi connectivity index (χ3n) is 1.93. The van der Waals surface area contributed by atoms with Gasteiger partial charge in [0.05, 0.1) is 0 Å². The van der Waals surface area contributed by atoms with Crippen LogP contribution in [0, 0.1) is 0 Å². The van der Waals surface area contributed by atoms with Crippen LogP contribution in [0.2, 0.25) is 0 Å². The molecule has 0 aromatic rings. The maximum absolute atomic E-state index is 7.88. The van der Waals surface area contributed by atoms with E-state index in [0.717, 1.165) is 13.0 Å². The van der Waals surface area contributed by atoms with E-state index in [-0.39, 0.29) is 0 Å². The summed E-state index contributed by atoms with van der Waals surface area (Å²) in [7, 11) is 0. The lowest BCUT2D eigenvalue weighted by Crippen LogP contribution is -2.13. The molecular formula is C12H29NO. The molecule has 0 aliphatic heterocycles. The number of rotatable bonds is 8. The van der Waals surface area contributed by atoms with Crippen LogP contribution in [0.4, 0.5) is 0 Å². The van der Waals surface area contributed by atoms with Crippen LogP contribution in [-0.2, 0) is 0 Å². The molecule has 0 aromatic carbocycles. The first-order chi connectivity index (χ1) is 6.83. The van der Waals surface area contributed by atoms with Crippen molar-refractivity contribution in [2.24, 2.45) is 0 Å². The summed E-state index contributed by atoms with van der Waals surface area (Å²) in [6.07, 6.45) is 7.81. The Bertz CT molecular complexity index is 66.7. The summed E-state index contributed by atoms with van der Waals surface area (Å²) in [5.41, 5.74) is 0. The molecule has 0 saturated heterocycles. The minimum atomic E-state index is 0.319. The third-order valence-corrected chi connectivity index (χ3v) is 1.93. The van der Waals surface area contributed by atoms with Crippen LogP contribution in [-0.4, -0.2) is 24.8 Å². The zero-order chi connectivity index (χ0) is 11.1. The monoisotopic (exact) mass is 203 g/mol. The molecule has 0 atom stereocenters. The molecule has 0 heterocycles. The van der Waals surface area contributed by atoms with Gasteiger partial charge in [-0.1, -0.05) is 46.5 Å². The molecule has 0 bridgehead atoms. The number of hydrogen-bond acceptors (Lipinski definition) is 2. The van der Waals surface area contributed by atoms with Crippen molar-refractivity contribution in [3.8, 4) is 0 Å². The molecule has 0 spiro atoms. The lowest BCUT2D eigenvalue weighted by atomic mass is 10.1. The van der Waals surface area contributed by atoms with Crippen LogP contribution in [0.25, 0.3) is 0 Å². The van der Waals surface area contributed by atoms with E-state index in [1.54, 1.807) is 0 Å². The van der Waals surface area contributed by atoms with Crippen LogP contribution in [0.3, 0.4) is 0 Å². The minimum Gasteiger partial charge on any atom is -0.396 e. The first-order valence-electron chi connectivity index (χ1n) is 6.14. The van der Waals surface area contributed by atoms with Crippen LogP contribution in [0.15, 0.2) is 0 Å². The molecule has 0 saturated carbocycles. The largest absolute Gasteiger partial charge is 0.396 e. The van der Waals surface area contributed by atoms with E-state index in [1.807, 2.05) is 6.92 Å². The first kappa shape index (κ1) is 16.4. The van der Waals surface area contributed by atoms with E-state index in [9.17, 15) is 0 Å². The lowest BCUT2D eigenvalue weighted by molar-refractivity contribution is 0.295. The van der Waals surface area contributed by atoms with E-state index >= 15 is 0 Å². The highest BCUT2D eigenvalue weighted by atomic mass is 16.2. The predicted molar refractivity (Wildman–Crippen MR) is 64.7 cm³/mol. The Morgan fingerprint density at radius 2 is 1.43 bits per heavy atom. The van der Waals surface area contributed by atoms with Gasteiger partial charge in [0, 0.05) is 6.61 Å². The smallest absolute Gasteiger partial charge is 0.0428 e. The van der Waals surface area contributed by atoms with Gasteiger partial charge in [-0.2, -0.15) is 0 Å².